The Balaban J connectivity index is 2.49. The zero-order valence-electron chi connectivity index (χ0n) is 9.54. The topological polar surface area (TPSA) is 78.4 Å². The molecular formula is C11H12BrClN2O3. The molecule has 0 saturated heterocycles. The number of aliphatic carboxylic acids is 1. The monoisotopic (exact) mass is 334 g/mol. The Bertz CT molecular complexity index is 468. The summed E-state index contributed by atoms with van der Waals surface area (Å²) in [6, 6.07) is 4.50. The van der Waals surface area contributed by atoms with Crippen LogP contribution >= 0.6 is 27.5 Å². The summed E-state index contributed by atoms with van der Waals surface area (Å²) < 4.78 is 0.731. The van der Waals surface area contributed by atoms with Crippen LogP contribution in [0.4, 0.5) is 10.5 Å². The highest BCUT2D eigenvalue weighted by Crippen LogP contribution is 2.25. The van der Waals surface area contributed by atoms with E-state index in [0.717, 1.165) is 4.47 Å². The van der Waals surface area contributed by atoms with Crippen LogP contribution in [0.3, 0.4) is 0 Å². The van der Waals surface area contributed by atoms with Crippen molar-refractivity contribution in [1.29, 1.82) is 0 Å². The largest absolute Gasteiger partial charge is 0.481 e. The number of rotatable bonds is 4. The van der Waals surface area contributed by atoms with Crippen molar-refractivity contribution < 1.29 is 14.7 Å². The Morgan fingerprint density at radius 2 is 2.17 bits per heavy atom. The smallest absolute Gasteiger partial charge is 0.319 e. The average Bonchev–Trinajstić information content (AvgIpc) is 2.30. The van der Waals surface area contributed by atoms with Crippen LogP contribution in [0.2, 0.25) is 5.02 Å². The van der Waals surface area contributed by atoms with Crippen LogP contribution in [0.15, 0.2) is 22.7 Å². The highest BCUT2D eigenvalue weighted by molar-refractivity contribution is 9.10. The second-order valence-electron chi connectivity index (χ2n) is 3.70. The first-order valence-electron chi connectivity index (χ1n) is 5.13. The molecule has 0 heterocycles. The van der Waals surface area contributed by atoms with Crippen molar-refractivity contribution in [2.75, 3.05) is 11.9 Å². The number of urea groups is 1. The Kier molecular flexibility index (Phi) is 5.43. The maximum Gasteiger partial charge on any atom is 0.319 e. The first-order valence-corrected chi connectivity index (χ1v) is 6.30. The standard InChI is InChI=1S/C11H12BrClN2O3/c1-6(10(16)17)5-14-11(18)15-7-2-3-8(12)9(13)4-7/h2-4,6H,5H2,1H3,(H,16,17)(H2,14,15,18). The summed E-state index contributed by atoms with van der Waals surface area (Å²) >= 11 is 9.11. The summed E-state index contributed by atoms with van der Waals surface area (Å²) in [7, 11) is 0. The fraction of sp³-hybridized carbons (Fsp3) is 0.273. The summed E-state index contributed by atoms with van der Waals surface area (Å²) in [4.78, 5) is 22.0. The van der Waals surface area contributed by atoms with E-state index in [1.165, 1.54) is 6.92 Å². The van der Waals surface area contributed by atoms with E-state index in [1.54, 1.807) is 18.2 Å². The molecule has 3 N–H and O–H groups in total. The van der Waals surface area contributed by atoms with Crippen LogP contribution in [0.25, 0.3) is 0 Å². The van der Waals surface area contributed by atoms with E-state index in [4.69, 9.17) is 16.7 Å². The SMILES string of the molecule is CC(CNC(=O)Nc1ccc(Br)c(Cl)c1)C(=O)O. The molecule has 5 nitrogen and oxygen atoms in total. The fourth-order valence-electron chi connectivity index (χ4n) is 1.08. The van der Waals surface area contributed by atoms with Crippen LogP contribution in [0, 0.1) is 5.92 Å². The summed E-state index contributed by atoms with van der Waals surface area (Å²) in [5.41, 5.74) is 0.531. The van der Waals surface area contributed by atoms with Gasteiger partial charge in [0.2, 0.25) is 0 Å². The van der Waals surface area contributed by atoms with Gasteiger partial charge < -0.3 is 15.7 Å². The summed E-state index contributed by atoms with van der Waals surface area (Å²) in [5, 5.41) is 14.2. The maximum atomic E-state index is 11.5. The zero-order chi connectivity index (χ0) is 13.7. The van der Waals surface area contributed by atoms with Gasteiger partial charge in [0.15, 0.2) is 0 Å². The molecule has 0 aliphatic heterocycles. The van der Waals surface area contributed by atoms with Crippen molar-refractivity contribution in [3.63, 3.8) is 0 Å². The minimum atomic E-state index is -0.956. The molecule has 0 saturated carbocycles. The molecule has 98 valence electrons. The van der Waals surface area contributed by atoms with Crippen molar-refractivity contribution in [1.82, 2.24) is 5.32 Å². The van der Waals surface area contributed by atoms with Gasteiger partial charge in [-0.15, -0.1) is 0 Å². The lowest BCUT2D eigenvalue weighted by molar-refractivity contribution is -0.140. The van der Waals surface area contributed by atoms with E-state index in [1.807, 2.05) is 0 Å². The first kappa shape index (κ1) is 14.8. The summed E-state index contributed by atoms with van der Waals surface area (Å²) in [5.74, 6) is -1.59. The van der Waals surface area contributed by atoms with E-state index < -0.39 is 17.9 Å². The number of halogens is 2. The van der Waals surface area contributed by atoms with Crippen molar-refractivity contribution >= 4 is 45.2 Å². The predicted octanol–water partition coefficient (Wildman–Crippen LogP) is 2.94. The molecule has 2 amide bonds. The fourth-order valence-corrected chi connectivity index (χ4v) is 1.51. The molecule has 0 aromatic heterocycles. The van der Waals surface area contributed by atoms with Gasteiger partial charge in [0.25, 0.3) is 0 Å². The second kappa shape index (κ2) is 6.61. The van der Waals surface area contributed by atoms with Gasteiger partial charge in [-0.05, 0) is 34.1 Å². The third kappa shape index (κ3) is 4.54. The third-order valence-corrected chi connectivity index (χ3v) is 3.40. The Morgan fingerprint density at radius 3 is 2.72 bits per heavy atom. The number of nitrogens with one attached hydrogen (secondary N) is 2. The molecule has 1 aromatic rings. The molecule has 0 aliphatic carbocycles. The van der Waals surface area contributed by atoms with Crippen LogP contribution in [0.1, 0.15) is 6.92 Å². The molecule has 0 aliphatic rings. The Morgan fingerprint density at radius 1 is 1.50 bits per heavy atom. The minimum absolute atomic E-state index is 0.0609. The highest BCUT2D eigenvalue weighted by atomic mass is 79.9. The molecule has 7 heteroatoms. The highest BCUT2D eigenvalue weighted by Gasteiger charge is 2.12. The molecule has 0 fully saturated rings. The summed E-state index contributed by atoms with van der Waals surface area (Å²) in [6.45, 7) is 1.57. The lowest BCUT2D eigenvalue weighted by atomic mass is 10.2. The van der Waals surface area contributed by atoms with E-state index >= 15 is 0 Å². The minimum Gasteiger partial charge on any atom is -0.481 e. The van der Waals surface area contributed by atoms with Gasteiger partial charge in [0, 0.05) is 16.7 Å². The number of anilines is 1. The molecule has 0 spiro atoms. The average molecular weight is 336 g/mol. The maximum absolute atomic E-state index is 11.5. The van der Waals surface area contributed by atoms with Gasteiger partial charge in [-0.2, -0.15) is 0 Å². The number of carboxylic acids is 1. The number of carbonyl (C=O) groups is 2. The van der Waals surface area contributed by atoms with Gasteiger partial charge in [-0.3, -0.25) is 4.79 Å². The number of hydrogen-bond acceptors (Lipinski definition) is 2. The lowest BCUT2D eigenvalue weighted by Gasteiger charge is -2.10. The molecule has 1 unspecified atom stereocenters. The Labute approximate surface area is 118 Å². The molecule has 0 bridgehead atoms. The van der Waals surface area contributed by atoms with Crippen molar-refractivity contribution in [3.05, 3.63) is 27.7 Å². The molecular weight excluding hydrogens is 323 g/mol. The lowest BCUT2D eigenvalue weighted by Crippen LogP contribution is -2.34. The van der Waals surface area contributed by atoms with Crippen LogP contribution in [-0.4, -0.2) is 23.7 Å². The van der Waals surface area contributed by atoms with E-state index in [2.05, 4.69) is 26.6 Å². The number of amides is 2. The second-order valence-corrected chi connectivity index (χ2v) is 4.96. The van der Waals surface area contributed by atoms with Crippen LogP contribution < -0.4 is 10.6 Å². The van der Waals surface area contributed by atoms with Gasteiger partial charge in [0.05, 0.1) is 10.9 Å². The van der Waals surface area contributed by atoms with Crippen molar-refractivity contribution in [2.45, 2.75) is 6.92 Å². The van der Waals surface area contributed by atoms with Crippen LogP contribution in [0.5, 0.6) is 0 Å². The molecule has 18 heavy (non-hydrogen) atoms. The molecule has 1 aromatic carbocycles. The summed E-state index contributed by atoms with van der Waals surface area (Å²) in [6.07, 6.45) is 0. The molecule has 1 rings (SSSR count). The van der Waals surface area contributed by atoms with Crippen molar-refractivity contribution in [2.24, 2.45) is 5.92 Å². The van der Waals surface area contributed by atoms with Gasteiger partial charge in [-0.1, -0.05) is 18.5 Å². The number of carbonyl (C=O) groups excluding carboxylic acids is 1. The third-order valence-electron chi connectivity index (χ3n) is 2.17. The van der Waals surface area contributed by atoms with E-state index in [9.17, 15) is 9.59 Å². The molecule has 1 atom stereocenters. The van der Waals surface area contributed by atoms with Crippen LogP contribution in [-0.2, 0) is 4.79 Å². The van der Waals surface area contributed by atoms with Gasteiger partial charge in [-0.25, -0.2) is 4.79 Å². The predicted molar refractivity (Wildman–Crippen MR) is 73.0 cm³/mol. The molecule has 0 radical (unpaired) electrons. The van der Waals surface area contributed by atoms with Gasteiger partial charge in [0.1, 0.15) is 0 Å². The van der Waals surface area contributed by atoms with Crippen molar-refractivity contribution in [3.8, 4) is 0 Å². The zero-order valence-corrected chi connectivity index (χ0v) is 11.9. The Hall–Kier alpha value is -1.27. The first-order chi connectivity index (χ1) is 8.40. The number of carboxylic acid groups (broad SMARTS) is 1. The van der Waals surface area contributed by atoms with Gasteiger partial charge >= 0.3 is 12.0 Å². The van der Waals surface area contributed by atoms with E-state index in [0.29, 0.717) is 10.7 Å². The quantitative estimate of drug-likeness (QED) is 0.791. The van der Waals surface area contributed by atoms with E-state index in [-0.39, 0.29) is 6.54 Å². The normalized spacial score (nSPS) is 11.7. The number of hydrogen-bond donors (Lipinski definition) is 3. The number of benzene rings is 1.